The molecule has 0 spiro atoms. The molecule has 38 heavy (non-hydrogen) atoms. The number of rotatable bonds is 7. The van der Waals surface area contributed by atoms with E-state index in [0.717, 1.165) is 77.5 Å². The predicted octanol–water partition coefficient (Wildman–Crippen LogP) is 5.07. The van der Waals surface area contributed by atoms with E-state index in [-0.39, 0.29) is 18.1 Å². The fourth-order valence-corrected chi connectivity index (χ4v) is 5.94. The molecule has 1 amide bonds. The molecule has 1 aliphatic carbocycles. The SMILES string of the molecule is N#Cc1ccc(OC2CCC(NC(=O)c3ccc(N4CCC(OC5CCNCC5)CC4)cc3)CC2)cc1Cl. The van der Waals surface area contributed by atoms with Gasteiger partial charge in [-0.05, 0) is 101 Å². The van der Waals surface area contributed by atoms with Crippen molar-refractivity contribution >= 4 is 23.2 Å². The summed E-state index contributed by atoms with van der Waals surface area (Å²) in [7, 11) is 0. The number of nitriles is 1. The van der Waals surface area contributed by atoms with Gasteiger partial charge in [0.25, 0.3) is 5.91 Å². The van der Waals surface area contributed by atoms with Crippen LogP contribution in [0, 0.1) is 11.3 Å². The Hall–Kier alpha value is -2.79. The minimum absolute atomic E-state index is 0.0196. The molecule has 2 aromatic rings. The van der Waals surface area contributed by atoms with Crippen LogP contribution in [0.3, 0.4) is 0 Å². The standard InChI is InChI=1S/C30H37ClN4O3/c31-29-19-28(8-3-22(29)20-32)38-25-9-4-23(5-10-25)34-30(36)21-1-6-24(7-2-21)35-17-13-27(14-18-35)37-26-11-15-33-16-12-26/h1-3,6-8,19,23,25-27,33H,4-5,9-18H2,(H,34,36). The number of carbonyl (C=O) groups is 1. The second kappa shape index (κ2) is 12.8. The van der Waals surface area contributed by atoms with Gasteiger partial charge in [-0.15, -0.1) is 0 Å². The molecule has 0 unspecified atom stereocenters. The van der Waals surface area contributed by atoms with Crippen molar-refractivity contribution in [3.8, 4) is 11.8 Å². The highest BCUT2D eigenvalue weighted by atomic mass is 35.5. The van der Waals surface area contributed by atoms with Gasteiger partial charge in [0, 0.05) is 36.4 Å². The smallest absolute Gasteiger partial charge is 0.251 e. The van der Waals surface area contributed by atoms with E-state index in [0.29, 0.717) is 34.1 Å². The average Bonchev–Trinajstić information content (AvgIpc) is 2.95. The summed E-state index contributed by atoms with van der Waals surface area (Å²) in [6.45, 7) is 4.10. The second-order valence-corrected chi connectivity index (χ2v) is 11.0. The van der Waals surface area contributed by atoms with Crippen molar-refractivity contribution in [1.29, 1.82) is 5.26 Å². The molecule has 2 saturated heterocycles. The fourth-order valence-electron chi connectivity index (χ4n) is 5.72. The molecule has 2 aliphatic heterocycles. The molecule has 2 N–H and O–H groups in total. The van der Waals surface area contributed by atoms with Gasteiger partial charge in [0.05, 0.1) is 28.9 Å². The number of carbonyl (C=O) groups excluding carboxylic acids is 1. The Morgan fingerprint density at radius 2 is 1.61 bits per heavy atom. The van der Waals surface area contributed by atoms with Crippen LogP contribution in [-0.4, -0.2) is 56.4 Å². The number of hydrogen-bond donors (Lipinski definition) is 2. The van der Waals surface area contributed by atoms with E-state index in [1.807, 2.05) is 12.1 Å². The Morgan fingerprint density at radius 3 is 2.26 bits per heavy atom. The van der Waals surface area contributed by atoms with Crippen molar-refractivity contribution in [2.24, 2.45) is 0 Å². The van der Waals surface area contributed by atoms with Gasteiger partial charge in [-0.3, -0.25) is 4.79 Å². The van der Waals surface area contributed by atoms with Gasteiger partial charge >= 0.3 is 0 Å². The van der Waals surface area contributed by atoms with Crippen LogP contribution in [0.25, 0.3) is 0 Å². The summed E-state index contributed by atoms with van der Waals surface area (Å²) >= 11 is 6.12. The quantitative estimate of drug-likeness (QED) is 0.514. The van der Waals surface area contributed by atoms with Gasteiger partial charge in [-0.1, -0.05) is 11.6 Å². The van der Waals surface area contributed by atoms with Crippen molar-refractivity contribution in [3.63, 3.8) is 0 Å². The maximum absolute atomic E-state index is 12.9. The molecule has 2 heterocycles. The Kier molecular flexibility index (Phi) is 9.06. The molecule has 0 atom stereocenters. The van der Waals surface area contributed by atoms with Crippen molar-refractivity contribution in [3.05, 3.63) is 58.6 Å². The topological polar surface area (TPSA) is 86.6 Å². The highest BCUT2D eigenvalue weighted by molar-refractivity contribution is 6.31. The molecule has 5 rings (SSSR count). The zero-order valence-electron chi connectivity index (χ0n) is 21.8. The molecule has 8 heteroatoms. The lowest BCUT2D eigenvalue weighted by molar-refractivity contribution is -0.0363. The molecule has 0 aromatic heterocycles. The van der Waals surface area contributed by atoms with Crippen molar-refractivity contribution < 1.29 is 14.3 Å². The molecule has 7 nitrogen and oxygen atoms in total. The molecule has 202 valence electrons. The molecule has 3 aliphatic rings. The van der Waals surface area contributed by atoms with Crippen LogP contribution < -0.4 is 20.3 Å². The fraction of sp³-hybridized carbons (Fsp3) is 0.533. The molecule has 0 radical (unpaired) electrons. The van der Waals surface area contributed by atoms with Gasteiger partial charge in [0.2, 0.25) is 0 Å². The van der Waals surface area contributed by atoms with Crippen LogP contribution in [0.2, 0.25) is 5.02 Å². The van der Waals surface area contributed by atoms with E-state index >= 15 is 0 Å². The lowest BCUT2D eigenvalue weighted by Gasteiger charge is -2.36. The third kappa shape index (κ3) is 6.99. The predicted molar refractivity (Wildman–Crippen MR) is 149 cm³/mol. The van der Waals surface area contributed by atoms with Gasteiger partial charge in [0.15, 0.2) is 0 Å². The zero-order chi connectivity index (χ0) is 26.3. The van der Waals surface area contributed by atoms with Gasteiger partial charge in [0.1, 0.15) is 11.8 Å². The van der Waals surface area contributed by atoms with Crippen molar-refractivity contribution in [1.82, 2.24) is 10.6 Å². The summed E-state index contributed by atoms with van der Waals surface area (Å²) in [5, 5.41) is 16.0. The van der Waals surface area contributed by atoms with Crippen LogP contribution in [0.1, 0.15) is 67.3 Å². The maximum Gasteiger partial charge on any atom is 0.251 e. The highest BCUT2D eigenvalue weighted by Crippen LogP contribution is 2.28. The summed E-state index contributed by atoms with van der Waals surface area (Å²) in [6.07, 6.45) is 8.65. The normalized spacial score (nSPS) is 23.0. The van der Waals surface area contributed by atoms with E-state index in [1.165, 1.54) is 5.69 Å². The number of anilines is 1. The van der Waals surface area contributed by atoms with Crippen LogP contribution in [0.4, 0.5) is 5.69 Å². The Bertz CT molecular complexity index is 1110. The third-order valence-electron chi connectivity index (χ3n) is 7.98. The van der Waals surface area contributed by atoms with E-state index in [4.69, 9.17) is 26.3 Å². The first kappa shape index (κ1) is 26.8. The number of amides is 1. The number of ether oxygens (including phenoxy) is 2. The second-order valence-electron chi connectivity index (χ2n) is 10.6. The zero-order valence-corrected chi connectivity index (χ0v) is 22.6. The Balaban J connectivity index is 1.04. The van der Waals surface area contributed by atoms with Crippen LogP contribution in [0.5, 0.6) is 5.75 Å². The van der Waals surface area contributed by atoms with E-state index in [9.17, 15) is 4.79 Å². The number of nitrogens with one attached hydrogen (secondary N) is 2. The Morgan fingerprint density at radius 1 is 0.921 bits per heavy atom. The van der Waals surface area contributed by atoms with E-state index < -0.39 is 0 Å². The third-order valence-corrected chi connectivity index (χ3v) is 8.29. The van der Waals surface area contributed by atoms with Crippen LogP contribution >= 0.6 is 11.6 Å². The Labute approximate surface area is 230 Å². The number of benzene rings is 2. The summed E-state index contributed by atoms with van der Waals surface area (Å²) in [5.74, 6) is 0.661. The lowest BCUT2D eigenvalue weighted by Crippen LogP contribution is -2.41. The maximum atomic E-state index is 12.9. The number of piperidine rings is 2. The molecule has 1 saturated carbocycles. The van der Waals surface area contributed by atoms with Crippen molar-refractivity contribution in [2.45, 2.75) is 75.7 Å². The monoisotopic (exact) mass is 536 g/mol. The number of nitrogens with zero attached hydrogens (tertiary/aromatic N) is 2. The molecule has 3 fully saturated rings. The summed E-state index contributed by atoms with van der Waals surface area (Å²) in [4.78, 5) is 15.3. The molecular weight excluding hydrogens is 500 g/mol. The van der Waals surface area contributed by atoms with Gasteiger partial charge in [-0.2, -0.15) is 5.26 Å². The van der Waals surface area contributed by atoms with E-state index in [1.54, 1.807) is 18.2 Å². The summed E-state index contributed by atoms with van der Waals surface area (Å²) in [6, 6.07) is 15.4. The minimum Gasteiger partial charge on any atom is -0.490 e. The first-order valence-electron chi connectivity index (χ1n) is 14.0. The molecule has 0 bridgehead atoms. The van der Waals surface area contributed by atoms with Crippen LogP contribution in [0.15, 0.2) is 42.5 Å². The first-order valence-corrected chi connectivity index (χ1v) is 14.3. The minimum atomic E-state index is -0.0196. The van der Waals surface area contributed by atoms with E-state index in [2.05, 4.69) is 33.7 Å². The highest BCUT2D eigenvalue weighted by Gasteiger charge is 2.26. The van der Waals surface area contributed by atoms with Gasteiger partial charge < -0.3 is 25.0 Å². The molecular formula is C30H37ClN4O3. The average molecular weight is 537 g/mol. The first-order chi connectivity index (χ1) is 18.6. The largest absolute Gasteiger partial charge is 0.490 e. The summed E-state index contributed by atoms with van der Waals surface area (Å²) < 4.78 is 12.4. The number of hydrogen-bond acceptors (Lipinski definition) is 6. The molecule has 2 aromatic carbocycles. The number of halogens is 1. The van der Waals surface area contributed by atoms with Crippen LogP contribution in [-0.2, 0) is 4.74 Å². The summed E-state index contributed by atoms with van der Waals surface area (Å²) in [5.41, 5.74) is 2.31. The van der Waals surface area contributed by atoms with Gasteiger partial charge in [-0.25, -0.2) is 0 Å². The lowest BCUT2D eigenvalue weighted by atomic mass is 9.92. The van der Waals surface area contributed by atoms with Crippen molar-refractivity contribution in [2.75, 3.05) is 31.1 Å².